The Bertz CT molecular complexity index is 1680. The Balaban J connectivity index is 1.42. The smallest absolute Gasteiger partial charge is 0.408 e. The number of fused-ring (bicyclic) bond motifs is 1. The summed E-state index contributed by atoms with van der Waals surface area (Å²) >= 11 is 2.01. The number of hydrogen-bond donors (Lipinski definition) is 3. The lowest BCUT2D eigenvalue weighted by molar-refractivity contribution is -0.142. The standard InChI is InChI=1S/C32H42IN5O8S/c1-30(2,3)24(35-29(42)46-31(4,5)6)27(40)38-17-19(45-26-21-10-8-7-9-18(21)13-14-34-26)15-22(38)25(39)36-32(16-23(32)33)28(41)37-47(43,44)20-11-12-20/h7-10,13-14,19-20,22-24H,11-12,15-17H2,1-6H3,(H,35,42)(H,36,39)(H,37,41)/t19-,22+,23-,24-,32-/m1/s1. The third-order valence-corrected chi connectivity index (χ3v) is 11.7. The van der Waals surface area contributed by atoms with Gasteiger partial charge in [-0.2, -0.15) is 0 Å². The van der Waals surface area contributed by atoms with E-state index in [-0.39, 0.29) is 23.3 Å². The maximum atomic E-state index is 14.3. The fraction of sp³-hybridized carbons (Fsp3) is 0.594. The van der Waals surface area contributed by atoms with E-state index in [2.05, 4.69) is 20.3 Å². The summed E-state index contributed by atoms with van der Waals surface area (Å²) in [5.74, 6) is -1.60. The zero-order chi connectivity index (χ0) is 34.5. The molecule has 2 heterocycles. The van der Waals surface area contributed by atoms with Gasteiger partial charge in [0.05, 0.1) is 11.8 Å². The topological polar surface area (TPSA) is 173 Å². The van der Waals surface area contributed by atoms with Crippen molar-refractivity contribution in [1.29, 1.82) is 0 Å². The molecular weight excluding hydrogens is 741 g/mol. The molecule has 3 aliphatic rings. The number of alkyl carbamates (subject to hydrolysis) is 1. The van der Waals surface area contributed by atoms with Crippen LogP contribution in [-0.2, 0) is 29.1 Å². The maximum absolute atomic E-state index is 14.3. The Hall–Kier alpha value is -3.21. The summed E-state index contributed by atoms with van der Waals surface area (Å²) in [6.45, 7) is 10.5. The average molecular weight is 784 g/mol. The van der Waals surface area contributed by atoms with Crippen LogP contribution < -0.4 is 20.1 Å². The first kappa shape index (κ1) is 35.1. The van der Waals surface area contributed by atoms with Gasteiger partial charge in [0, 0.05) is 21.9 Å². The molecule has 0 unspecified atom stereocenters. The van der Waals surface area contributed by atoms with Crippen LogP contribution in [-0.4, -0.2) is 87.2 Å². The molecule has 4 amide bonds. The molecular formula is C32H42IN5O8S. The number of carbonyl (C=O) groups excluding carboxylic acids is 4. The van der Waals surface area contributed by atoms with E-state index < -0.39 is 73.8 Å². The number of amides is 4. The highest BCUT2D eigenvalue weighted by molar-refractivity contribution is 14.1. The molecule has 0 bridgehead atoms. The summed E-state index contributed by atoms with van der Waals surface area (Å²) in [4.78, 5) is 60.2. The molecule has 13 nitrogen and oxygen atoms in total. The maximum Gasteiger partial charge on any atom is 0.408 e. The van der Waals surface area contributed by atoms with Crippen LogP contribution in [0.2, 0.25) is 0 Å². The largest absolute Gasteiger partial charge is 0.472 e. The van der Waals surface area contributed by atoms with Crippen molar-refractivity contribution in [1.82, 2.24) is 25.2 Å². The number of ether oxygens (including phenoxy) is 2. The van der Waals surface area contributed by atoms with E-state index >= 15 is 0 Å². The van der Waals surface area contributed by atoms with Gasteiger partial charge in [-0.1, -0.05) is 61.6 Å². The molecule has 0 radical (unpaired) electrons. The summed E-state index contributed by atoms with van der Waals surface area (Å²) in [6, 6.07) is 7.22. The number of aromatic nitrogens is 1. The van der Waals surface area contributed by atoms with E-state index in [4.69, 9.17) is 9.47 Å². The molecule has 1 saturated heterocycles. The lowest BCUT2D eigenvalue weighted by atomic mass is 9.85. The number of sulfonamides is 1. The molecule has 1 aromatic heterocycles. The second kappa shape index (κ2) is 12.7. The second-order valence-corrected chi connectivity index (χ2v) is 18.0. The zero-order valence-corrected chi connectivity index (χ0v) is 30.3. The first-order valence-electron chi connectivity index (χ1n) is 15.6. The average Bonchev–Trinajstić information content (AvgIpc) is 3.88. The number of benzene rings is 1. The fourth-order valence-corrected chi connectivity index (χ4v) is 8.09. The van der Waals surface area contributed by atoms with Crippen LogP contribution in [0.4, 0.5) is 4.79 Å². The number of likely N-dealkylation sites (tertiary alicyclic amines) is 1. The zero-order valence-electron chi connectivity index (χ0n) is 27.3. The number of alkyl halides is 1. The van der Waals surface area contributed by atoms with Crippen molar-refractivity contribution in [3.8, 4) is 5.88 Å². The number of hydrogen-bond acceptors (Lipinski definition) is 9. The van der Waals surface area contributed by atoms with Crippen LogP contribution in [0.1, 0.15) is 67.2 Å². The van der Waals surface area contributed by atoms with Crippen molar-refractivity contribution in [3.63, 3.8) is 0 Å². The van der Waals surface area contributed by atoms with Gasteiger partial charge in [0.15, 0.2) is 0 Å². The van der Waals surface area contributed by atoms with Crippen LogP contribution >= 0.6 is 22.6 Å². The van der Waals surface area contributed by atoms with Crippen LogP contribution in [0.5, 0.6) is 5.88 Å². The Kier molecular flexibility index (Phi) is 9.47. The second-order valence-electron chi connectivity index (χ2n) is 14.6. The molecule has 15 heteroatoms. The Morgan fingerprint density at radius 2 is 1.72 bits per heavy atom. The monoisotopic (exact) mass is 783 g/mol. The highest BCUT2D eigenvalue weighted by Crippen LogP contribution is 2.44. The van der Waals surface area contributed by atoms with Crippen molar-refractivity contribution in [3.05, 3.63) is 36.5 Å². The highest BCUT2D eigenvalue weighted by Gasteiger charge is 2.62. The van der Waals surface area contributed by atoms with Crippen LogP contribution in [0, 0.1) is 5.41 Å². The molecule has 1 aliphatic heterocycles. The molecule has 5 rings (SSSR count). The van der Waals surface area contributed by atoms with Gasteiger partial charge < -0.3 is 25.0 Å². The van der Waals surface area contributed by atoms with Gasteiger partial charge in [-0.05, 0) is 63.0 Å². The van der Waals surface area contributed by atoms with Crippen LogP contribution in [0.25, 0.3) is 10.8 Å². The first-order valence-corrected chi connectivity index (χ1v) is 18.4. The van der Waals surface area contributed by atoms with Gasteiger partial charge in [0.1, 0.15) is 29.3 Å². The van der Waals surface area contributed by atoms with Gasteiger partial charge in [0.25, 0.3) is 5.91 Å². The van der Waals surface area contributed by atoms with E-state index in [9.17, 15) is 27.6 Å². The predicted octanol–water partition coefficient (Wildman–Crippen LogP) is 3.19. The molecule has 2 aromatic rings. The highest BCUT2D eigenvalue weighted by atomic mass is 127. The van der Waals surface area contributed by atoms with Gasteiger partial charge in [-0.25, -0.2) is 18.2 Å². The predicted molar refractivity (Wildman–Crippen MR) is 182 cm³/mol. The first-order chi connectivity index (χ1) is 21.8. The third kappa shape index (κ3) is 7.92. The van der Waals surface area contributed by atoms with E-state index in [1.807, 2.05) is 52.9 Å². The molecule has 3 N–H and O–H groups in total. The summed E-state index contributed by atoms with van der Waals surface area (Å²) in [7, 11) is -3.84. The molecule has 2 aliphatic carbocycles. The van der Waals surface area contributed by atoms with E-state index in [0.717, 1.165) is 10.8 Å². The molecule has 256 valence electrons. The number of halogens is 1. The molecule has 47 heavy (non-hydrogen) atoms. The summed E-state index contributed by atoms with van der Waals surface area (Å²) in [5, 5.41) is 6.54. The quantitative estimate of drug-likeness (QED) is 0.255. The van der Waals surface area contributed by atoms with Crippen molar-refractivity contribution in [2.45, 2.75) is 106 Å². The van der Waals surface area contributed by atoms with Gasteiger partial charge in [0.2, 0.25) is 27.7 Å². The number of rotatable bonds is 9. The molecule has 0 spiro atoms. The summed E-state index contributed by atoms with van der Waals surface area (Å²) in [5.41, 5.74) is -3.03. The molecule has 2 saturated carbocycles. The Morgan fingerprint density at radius 3 is 2.32 bits per heavy atom. The number of pyridine rings is 1. The molecule has 3 fully saturated rings. The Labute approximate surface area is 288 Å². The minimum atomic E-state index is -3.84. The normalized spacial score (nSPS) is 25.1. The number of nitrogens with zero attached hydrogens (tertiary/aromatic N) is 2. The minimum absolute atomic E-state index is 0.00663. The number of carbonyl (C=O) groups is 4. The number of nitrogens with one attached hydrogen (secondary N) is 3. The van der Waals surface area contributed by atoms with Gasteiger partial charge in [-0.3, -0.25) is 19.1 Å². The molecule has 1 aromatic carbocycles. The SMILES string of the molecule is CC(C)(C)OC(=O)N[C@H](C(=O)N1C[C@H](Oc2nccc3ccccc23)C[C@H]1C(=O)N[C@]1(C(=O)NS(=O)(=O)C2CC2)C[C@H]1I)C(C)(C)C. The van der Waals surface area contributed by atoms with Crippen molar-refractivity contribution >= 4 is 67.2 Å². The lowest BCUT2D eigenvalue weighted by Gasteiger charge is -2.36. The van der Waals surface area contributed by atoms with E-state index in [0.29, 0.717) is 18.7 Å². The third-order valence-electron chi connectivity index (χ3n) is 8.36. The van der Waals surface area contributed by atoms with Crippen molar-refractivity contribution in [2.24, 2.45) is 5.41 Å². The van der Waals surface area contributed by atoms with Crippen LogP contribution in [0.3, 0.4) is 0 Å². The lowest BCUT2D eigenvalue weighted by Crippen LogP contribution is -2.60. The molecule has 5 atom stereocenters. The van der Waals surface area contributed by atoms with E-state index in [1.54, 1.807) is 47.7 Å². The van der Waals surface area contributed by atoms with Gasteiger partial charge in [-0.15, -0.1) is 0 Å². The fourth-order valence-electron chi connectivity index (χ4n) is 5.59. The van der Waals surface area contributed by atoms with Crippen LogP contribution in [0.15, 0.2) is 36.5 Å². The van der Waals surface area contributed by atoms with Crippen molar-refractivity contribution < 1.29 is 37.1 Å². The minimum Gasteiger partial charge on any atom is -0.472 e. The van der Waals surface area contributed by atoms with Gasteiger partial charge >= 0.3 is 6.09 Å². The summed E-state index contributed by atoms with van der Waals surface area (Å²) in [6.07, 6.45) is 1.43. The van der Waals surface area contributed by atoms with Crippen molar-refractivity contribution in [2.75, 3.05) is 6.54 Å². The van der Waals surface area contributed by atoms with E-state index in [1.165, 1.54) is 4.90 Å². The summed E-state index contributed by atoms with van der Waals surface area (Å²) < 4.78 is 38.7. The Morgan fingerprint density at radius 1 is 1.06 bits per heavy atom.